The summed E-state index contributed by atoms with van der Waals surface area (Å²) < 4.78 is 5.51. The van der Waals surface area contributed by atoms with E-state index in [4.69, 9.17) is 4.74 Å². The van der Waals surface area contributed by atoms with Crippen LogP contribution in [0.1, 0.15) is 25.3 Å². The molecule has 90 valence electrons. The van der Waals surface area contributed by atoms with E-state index < -0.39 is 0 Å². The van der Waals surface area contributed by atoms with Crippen LogP contribution < -0.4 is 5.32 Å². The van der Waals surface area contributed by atoms with Crippen molar-refractivity contribution in [3.05, 3.63) is 35.9 Å². The lowest BCUT2D eigenvalue weighted by atomic mass is 9.89. The van der Waals surface area contributed by atoms with Crippen molar-refractivity contribution in [3.8, 4) is 11.8 Å². The fraction of sp³-hybridized carbons (Fsp3) is 0.467. The van der Waals surface area contributed by atoms with Crippen molar-refractivity contribution < 1.29 is 4.74 Å². The molecule has 1 saturated carbocycles. The zero-order valence-corrected chi connectivity index (χ0v) is 10.3. The minimum Gasteiger partial charge on any atom is -0.378 e. The first-order valence-corrected chi connectivity index (χ1v) is 6.27. The summed E-state index contributed by atoms with van der Waals surface area (Å²) in [6.07, 6.45) is 2.72. The quantitative estimate of drug-likeness (QED) is 0.799. The van der Waals surface area contributed by atoms with E-state index in [-0.39, 0.29) is 0 Å². The summed E-state index contributed by atoms with van der Waals surface area (Å²) in [7, 11) is 0. The number of hydrogen-bond acceptors (Lipinski definition) is 2. The predicted molar refractivity (Wildman–Crippen MR) is 69.8 cm³/mol. The first-order valence-electron chi connectivity index (χ1n) is 6.27. The Balaban J connectivity index is 1.63. The maximum atomic E-state index is 5.51. The van der Waals surface area contributed by atoms with Gasteiger partial charge in [-0.15, -0.1) is 0 Å². The first-order chi connectivity index (χ1) is 8.38. The minimum atomic E-state index is 0.472. The lowest BCUT2D eigenvalue weighted by molar-refractivity contribution is -0.00887. The summed E-state index contributed by atoms with van der Waals surface area (Å²) in [6, 6.07) is 10.7. The van der Waals surface area contributed by atoms with E-state index in [1.807, 2.05) is 37.3 Å². The molecule has 1 aromatic rings. The highest BCUT2D eigenvalue weighted by Crippen LogP contribution is 2.22. The summed E-state index contributed by atoms with van der Waals surface area (Å²) in [5, 5.41) is 3.42. The molecule has 2 heteroatoms. The molecule has 0 aliphatic heterocycles. The van der Waals surface area contributed by atoms with Crippen LogP contribution in [-0.4, -0.2) is 25.3 Å². The molecule has 0 radical (unpaired) electrons. The molecule has 0 bridgehead atoms. The van der Waals surface area contributed by atoms with Crippen molar-refractivity contribution in [2.75, 3.05) is 13.2 Å². The third-order valence-corrected chi connectivity index (χ3v) is 2.98. The molecule has 1 N–H and O–H groups in total. The molecule has 0 unspecified atom stereocenters. The van der Waals surface area contributed by atoms with Gasteiger partial charge in [0.05, 0.1) is 12.6 Å². The highest BCUT2D eigenvalue weighted by Gasteiger charge is 2.28. The monoisotopic (exact) mass is 229 g/mol. The van der Waals surface area contributed by atoms with E-state index in [0.29, 0.717) is 12.1 Å². The molecule has 1 aliphatic rings. The van der Waals surface area contributed by atoms with E-state index in [1.54, 1.807) is 0 Å². The molecule has 0 aromatic heterocycles. The van der Waals surface area contributed by atoms with Crippen LogP contribution in [0.15, 0.2) is 30.3 Å². The normalized spacial score (nSPS) is 22.4. The van der Waals surface area contributed by atoms with Gasteiger partial charge in [0.2, 0.25) is 0 Å². The van der Waals surface area contributed by atoms with Crippen molar-refractivity contribution in [1.29, 1.82) is 0 Å². The lowest BCUT2D eigenvalue weighted by Gasteiger charge is -2.35. The number of ether oxygens (including phenoxy) is 1. The second kappa shape index (κ2) is 6.44. The maximum Gasteiger partial charge on any atom is 0.0604 e. The van der Waals surface area contributed by atoms with Gasteiger partial charge in [-0.25, -0.2) is 0 Å². The zero-order chi connectivity index (χ0) is 11.9. The zero-order valence-electron chi connectivity index (χ0n) is 10.3. The number of hydrogen-bond donors (Lipinski definition) is 1. The van der Waals surface area contributed by atoms with Gasteiger partial charge in [-0.3, -0.25) is 0 Å². The van der Waals surface area contributed by atoms with Crippen LogP contribution in [-0.2, 0) is 4.74 Å². The van der Waals surface area contributed by atoms with Gasteiger partial charge in [0.15, 0.2) is 0 Å². The van der Waals surface area contributed by atoms with Gasteiger partial charge in [0.1, 0.15) is 0 Å². The molecule has 0 heterocycles. The number of nitrogens with one attached hydrogen (secondary N) is 1. The van der Waals surface area contributed by atoms with Crippen LogP contribution in [0, 0.1) is 11.8 Å². The van der Waals surface area contributed by atoms with Crippen molar-refractivity contribution in [1.82, 2.24) is 5.32 Å². The fourth-order valence-corrected chi connectivity index (χ4v) is 1.97. The molecule has 17 heavy (non-hydrogen) atoms. The molecule has 0 spiro atoms. The summed E-state index contributed by atoms with van der Waals surface area (Å²) in [6.45, 7) is 3.63. The summed E-state index contributed by atoms with van der Waals surface area (Å²) in [5.41, 5.74) is 1.08. The predicted octanol–water partition coefficient (Wildman–Crippen LogP) is 2.20. The first kappa shape index (κ1) is 12.2. The van der Waals surface area contributed by atoms with Crippen LogP contribution in [0.2, 0.25) is 0 Å². The molecule has 2 rings (SSSR count). The van der Waals surface area contributed by atoms with Gasteiger partial charge in [0.25, 0.3) is 0 Å². The third-order valence-electron chi connectivity index (χ3n) is 2.98. The Morgan fingerprint density at radius 2 is 2.06 bits per heavy atom. The summed E-state index contributed by atoms with van der Waals surface area (Å²) >= 11 is 0. The second-order valence-electron chi connectivity index (χ2n) is 4.29. The molecule has 0 amide bonds. The third kappa shape index (κ3) is 3.89. The van der Waals surface area contributed by atoms with Gasteiger partial charge in [-0.2, -0.15) is 0 Å². The average molecular weight is 229 g/mol. The molecular formula is C15H19NO. The Labute approximate surface area is 103 Å². The summed E-state index contributed by atoms with van der Waals surface area (Å²) in [5.74, 6) is 6.29. The molecule has 1 fully saturated rings. The van der Waals surface area contributed by atoms with Gasteiger partial charge >= 0.3 is 0 Å². The second-order valence-corrected chi connectivity index (χ2v) is 4.29. The van der Waals surface area contributed by atoms with Gasteiger partial charge in [-0.05, 0) is 31.9 Å². The van der Waals surface area contributed by atoms with E-state index >= 15 is 0 Å². The SMILES string of the molecule is CCOC1CC(NCC#Cc2ccccc2)C1. The van der Waals surface area contributed by atoms with Crippen LogP contribution in [0.4, 0.5) is 0 Å². The lowest BCUT2D eigenvalue weighted by Crippen LogP contribution is -2.45. The molecule has 1 aromatic carbocycles. The van der Waals surface area contributed by atoms with Crippen LogP contribution in [0.25, 0.3) is 0 Å². The molecule has 0 atom stereocenters. The van der Waals surface area contributed by atoms with Crippen LogP contribution >= 0.6 is 0 Å². The molecule has 1 aliphatic carbocycles. The van der Waals surface area contributed by atoms with Crippen molar-refractivity contribution in [2.24, 2.45) is 0 Å². The fourth-order valence-electron chi connectivity index (χ4n) is 1.97. The van der Waals surface area contributed by atoms with Gasteiger partial charge in [-0.1, -0.05) is 30.0 Å². The molecule has 2 nitrogen and oxygen atoms in total. The highest BCUT2D eigenvalue weighted by molar-refractivity contribution is 5.33. The molecular weight excluding hydrogens is 210 g/mol. The van der Waals surface area contributed by atoms with Crippen molar-refractivity contribution in [3.63, 3.8) is 0 Å². The maximum absolute atomic E-state index is 5.51. The van der Waals surface area contributed by atoms with Crippen LogP contribution in [0.5, 0.6) is 0 Å². The Hall–Kier alpha value is -1.30. The minimum absolute atomic E-state index is 0.472. The Bertz CT molecular complexity index is 384. The molecule has 0 saturated heterocycles. The topological polar surface area (TPSA) is 21.3 Å². The van der Waals surface area contributed by atoms with E-state index in [0.717, 1.165) is 31.6 Å². The van der Waals surface area contributed by atoms with Crippen LogP contribution in [0.3, 0.4) is 0 Å². The Kier molecular flexibility index (Phi) is 4.61. The smallest absolute Gasteiger partial charge is 0.0604 e. The standard InChI is InChI=1S/C15H19NO/c1-2-17-15-11-14(12-15)16-10-6-9-13-7-4-3-5-8-13/h3-5,7-8,14-16H,2,10-12H2,1H3. The van der Waals surface area contributed by atoms with E-state index in [9.17, 15) is 0 Å². The van der Waals surface area contributed by atoms with E-state index in [1.165, 1.54) is 0 Å². The Morgan fingerprint density at radius 1 is 1.29 bits per heavy atom. The van der Waals surface area contributed by atoms with Crippen molar-refractivity contribution in [2.45, 2.75) is 31.9 Å². The number of rotatable bonds is 4. The van der Waals surface area contributed by atoms with Gasteiger partial charge < -0.3 is 10.1 Å². The van der Waals surface area contributed by atoms with Gasteiger partial charge in [0, 0.05) is 18.2 Å². The highest BCUT2D eigenvalue weighted by atomic mass is 16.5. The largest absolute Gasteiger partial charge is 0.378 e. The average Bonchev–Trinajstić information content (AvgIpc) is 2.32. The summed E-state index contributed by atoms with van der Waals surface area (Å²) in [4.78, 5) is 0. The van der Waals surface area contributed by atoms with Crippen molar-refractivity contribution >= 4 is 0 Å². The number of benzene rings is 1. The van der Waals surface area contributed by atoms with E-state index in [2.05, 4.69) is 17.2 Å². The Morgan fingerprint density at radius 3 is 2.76 bits per heavy atom.